The fourth-order valence-corrected chi connectivity index (χ4v) is 4.14. The van der Waals surface area contributed by atoms with Crippen LogP contribution in [0.25, 0.3) is 0 Å². The molecule has 2 aromatic heterocycles. The van der Waals surface area contributed by atoms with Gasteiger partial charge in [0, 0.05) is 25.4 Å². The second-order valence-corrected chi connectivity index (χ2v) is 7.95. The standard InChI is InChI=1S/C17H22N4O2S/c1-12-5-14(8-18-7-12)9-22-15-3-4-23-17(6-15)10-21(11-17)16-20-19-13(2)24-16/h5,7-8,15H,3-4,6,9-11H2,1-2H3/t15-/m1/s1. The van der Waals surface area contributed by atoms with Crippen LogP contribution in [0, 0.1) is 13.8 Å². The topological polar surface area (TPSA) is 60.4 Å². The smallest absolute Gasteiger partial charge is 0.208 e. The zero-order chi connectivity index (χ0) is 16.6. The van der Waals surface area contributed by atoms with Crippen LogP contribution in [-0.2, 0) is 16.1 Å². The molecule has 2 fully saturated rings. The van der Waals surface area contributed by atoms with Gasteiger partial charge in [-0.2, -0.15) is 0 Å². The number of rotatable bonds is 4. The van der Waals surface area contributed by atoms with E-state index in [-0.39, 0.29) is 11.7 Å². The van der Waals surface area contributed by atoms with Crippen molar-refractivity contribution in [2.45, 2.75) is 45.0 Å². The Kier molecular flexibility index (Phi) is 4.24. The number of pyridine rings is 1. The van der Waals surface area contributed by atoms with Gasteiger partial charge < -0.3 is 14.4 Å². The summed E-state index contributed by atoms with van der Waals surface area (Å²) >= 11 is 1.64. The Bertz CT molecular complexity index is 714. The van der Waals surface area contributed by atoms with Gasteiger partial charge >= 0.3 is 0 Å². The summed E-state index contributed by atoms with van der Waals surface area (Å²) in [5, 5.41) is 10.3. The van der Waals surface area contributed by atoms with Crippen molar-refractivity contribution >= 4 is 16.5 Å². The summed E-state index contributed by atoms with van der Waals surface area (Å²) in [5.74, 6) is 0. The molecule has 0 aliphatic carbocycles. The third-order valence-electron chi connectivity index (χ3n) is 4.61. The highest BCUT2D eigenvalue weighted by atomic mass is 32.1. The third-order valence-corrected chi connectivity index (χ3v) is 5.51. The molecule has 24 heavy (non-hydrogen) atoms. The maximum atomic E-state index is 6.14. The Morgan fingerprint density at radius 1 is 1.33 bits per heavy atom. The second-order valence-electron chi connectivity index (χ2n) is 6.79. The molecule has 4 rings (SSSR count). The van der Waals surface area contributed by atoms with Gasteiger partial charge in [0.1, 0.15) is 10.6 Å². The van der Waals surface area contributed by atoms with E-state index in [4.69, 9.17) is 9.47 Å². The molecule has 1 atom stereocenters. The molecule has 128 valence electrons. The van der Waals surface area contributed by atoms with Crippen molar-refractivity contribution < 1.29 is 9.47 Å². The number of aryl methyl sites for hydroxylation is 2. The maximum absolute atomic E-state index is 6.14. The molecule has 0 amide bonds. The quantitative estimate of drug-likeness (QED) is 0.848. The number of anilines is 1. The molecule has 4 heterocycles. The van der Waals surface area contributed by atoms with E-state index in [2.05, 4.69) is 33.1 Å². The van der Waals surface area contributed by atoms with E-state index >= 15 is 0 Å². The second kappa shape index (κ2) is 6.38. The first kappa shape index (κ1) is 15.9. The van der Waals surface area contributed by atoms with Crippen LogP contribution in [0.2, 0.25) is 0 Å². The summed E-state index contributed by atoms with van der Waals surface area (Å²) in [7, 11) is 0. The number of hydrogen-bond donors (Lipinski definition) is 0. The van der Waals surface area contributed by atoms with Crippen LogP contribution in [0.3, 0.4) is 0 Å². The summed E-state index contributed by atoms with van der Waals surface area (Å²) < 4.78 is 12.2. The fraction of sp³-hybridized carbons (Fsp3) is 0.588. The lowest BCUT2D eigenvalue weighted by molar-refractivity contribution is -0.148. The number of nitrogens with zero attached hydrogens (tertiary/aromatic N) is 4. The molecule has 0 aromatic carbocycles. The number of ether oxygens (including phenoxy) is 2. The minimum atomic E-state index is -0.0760. The Labute approximate surface area is 145 Å². The molecular formula is C17H22N4O2S. The highest BCUT2D eigenvalue weighted by molar-refractivity contribution is 7.15. The lowest BCUT2D eigenvalue weighted by atomic mass is 9.85. The summed E-state index contributed by atoms with van der Waals surface area (Å²) in [4.78, 5) is 6.47. The molecular weight excluding hydrogens is 324 g/mol. The average Bonchev–Trinajstić information content (AvgIpc) is 2.97. The van der Waals surface area contributed by atoms with Crippen molar-refractivity contribution in [1.29, 1.82) is 0 Å². The highest BCUT2D eigenvalue weighted by Gasteiger charge is 2.48. The van der Waals surface area contributed by atoms with E-state index in [1.807, 2.05) is 19.3 Å². The van der Waals surface area contributed by atoms with Crippen molar-refractivity contribution in [2.75, 3.05) is 24.6 Å². The van der Waals surface area contributed by atoms with Crippen LogP contribution < -0.4 is 4.90 Å². The zero-order valence-corrected chi connectivity index (χ0v) is 14.9. The predicted octanol–water partition coefficient (Wildman–Crippen LogP) is 2.50. The van der Waals surface area contributed by atoms with Gasteiger partial charge in [-0.15, -0.1) is 10.2 Å². The van der Waals surface area contributed by atoms with Crippen molar-refractivity contribution in [2.24, 2.45) is 0 Å². The molecule has 2 aliphatic rings. The summed E-state index contributed by atoms with van der Waals surface area (Å²) in [6, 6.07) is 2.13. The minimum Gasteiger partial charge on any atom is -0.373 e. The number of aromatic nitrogens is 3. The van der Waals surface area contributed by atoms with Gasteiger partial charge in [-0.1, -0.05) is 17.4 Å². The summed E-state index contributed by atoms with van der Waals surface area (Å²) in [6.45, 7) is 7.19. The first-order valence-electron chi connectivity index (χ1n) is 8.33. The highest BCUT2D eigenvalue weighted by Crippen LogP contribution is 2.38. The Hall–Kier alpha value is -1.57. The van der Waals surface area contributed by atoms with Gasteiger partial charge in [0.15, 0.2) is 0 Å². The summed E-state index contributed by atoms with van der Waals surface area (Å²) in [5.41, 5.74) is 2.23. The maximum Gasteiger partial charge on any atom is 0.208 e. The van der Waals surface area contributed by atoms with Crippen molar-refractivity contribution in [3.8, 4) is 0 Å². The van der Waals surface area contributed by atoms with Crippen LogP contribution in [0.4, 0.5) is 5.13 Å². The molecule has 2 saturated heterocycles. The SMILES string of the molecule is Cc1cncc(CO[C@@H]2CCOC3(C2)CN(c2nnc(C)s2)C3)c1. The average molecular weight is 346 g/mol. The summed E-state index contributed by atoms with van der Waals surface area (Å²) in [6.07, 6.45) is 5.90. The molecule has 2 aliphatic heterocycles. The first-order chi connectivity index (χ1) is 11.6. The molecule has 0 unspecified atom stereocenters. The Balaban J connectivity index is 1.32. The van der Waals surface area contributed by atoms with Crippen molar-refractivity contribution in [1.82, 2.24) is 15.2 Å². The van der Waals surface area contributed by atoms with Crippen LogP contribution in [0.5, 0.6) is 0 Å². The van der Waals surface area contributed by atoms with Gasteiger partial charge in [0.05, 0.1) is 25.8 Å². The van der Waals surface area contributed by atoms with Crippen LogP contribution in [-0.4, -0.2) is 46.6 Å². The fourth-order valence-electron chi connectivity index (χ4n) is 3.45. The predicted molar refractivity (Wildman–Crippen MR) is 92.3 cm³/mol. The van der Waals surface area contributed by atoms with Gasteiger partial charge in [-0.05, 0) is 31.4 Å². The monoisotopic (exact) mass is 346 g/mol. The van der Waals surface area contributed by atoms with Crippen LogP contribution >= 0.6 is 11.3 Å². The lowest BCUT2D eigenvalue weighted by Crippen LogP contribution is -2.66. The zero-order valence-electron chi connectivity index (χ0n) is 14.1. The largest absolute Gasteiger partial charge is 0.373 e. The van der Waals surface area contributed by atoms with Gasteiger partial charge in [-0.3, -0.25) is 4.98 Å². The van der Waals surface area contributed by atoms with Gasteiger partial charge in [0.2, 0.25) is 5.13 Å². The lowest BCUT2D eigenvalue weighted by Gasteiger charge is -2.52. The van der Waals surface area contributed by atoms with E-state index in [0.717, 1.165) is 48.2 Å². The molecule has 1 spiro atoms. The molecule has 0 saturated carbocycles. The van der Waals surface area contributed by atoms with E-state index in [9.17, 15) is 0 Å². The first-order valence-corrected chi connectivity index (χ1v) is 9.15. The van der Waals surface area contributed by atoms with Crippen molar-refractivity contribution in [3.63, 3.8) is 0 Å². The third kappa shape index (κ3) is 3.29. The van der Waals surface area contributed by atoms with Gasteiger partial charge in [-0.25, -0.2) is 0 Å². The van der Waals surface area contributed by atoms with E-state index in [0.29, 0.717) is 6.61 Å². The van der Waals surface area contributed by atoms with E-state index in [1.165, 1.54) is 5.56 Å². The van der Waals surface area contributed by atoms with Crippen LogP contribution in [0.15, 0.2) is 18.5 Å². The molecule has 0 radical (unpaired) electrons. The van der Waals surface area contributed by atoms with E-state index in [1.54, 1.807) is 11.3 Å². The minimum absolute atomic E-state index is 0.0760. The van der Waals surface area contributed by atoms with Gasteiger partial charge in [0.25, 0.3) is 0 Å². The Morgan fingerprint density at radius 2 is 2.21 bits per heavy atom. The molecule has 6 nitrogen and oxygen atoms in total. The molecule has 2 aromatic rings. The Morgan fingerprint density at radius 3 is 2.96 bits per heavy atom. The molecule has 0 N–H and O–H groups in total. The normalized spacial score (nSPS) is 22.6. The molecule has 0 bridgehead atoms. The molecule has 7 heteroatoms. The van der Waals surface area contributed by atoms with Crippen molar-refractivity contribution in [3.05, 3.63) is 34.6 Å². The van der Waals surface area contributed by atoms with Crippen LogP contribution in [0.1, 0.15) is 29.0 Å². The van der Waals surface area contributed by atoms with E-state index < -0.39 is 0 Å². The number of hydrogen-bond acceptors (Lipinski definition) is 7.